The number of rotatable bonds is 0. The van der Waals surface area contributed by atoms with E-state index in [4.69, 9.17) is 0 Å². The Morgan fingerprint density at radius 1 is 1.06 bits per heavy atom. The number of ketones is 1. The molecule has 3 rings (SSSR count). The Hall–Kier alpha value is -1.78. The fourth-order valence-corrected chi connectivity index (χ4v) is 2.52. The zero-order valence-corrected chi connectivity index (χ0v) is 9.45. The van der Waals surface area contributed by atoms with Gasteiger partial charge in [0.25, 0.3) is 0 Å². The van der Waals surface area contributed by atoms with Crippen molar-refractivity contribution in [2.75, 3.05) is 0 Å². The molecule has 0 unspecified atom stereocenters. The maximum absolute atomic E-state index is 13.8. The van der Waals surface area contributed by atoms with E-state index in [-0.39, 0.29) is 22.2 Å². The van der Waals surface area contributed by atoms with E-state index in [2.05, 4.69) is 4.98 Å². The molecular weight excluding hydrogens is 243 g/mol. The number of benzene rings is 1. The first-order valence-electron chi connectivity index (χ1n) is 5.81. The third-order valence-electron chi connectivity index (χ3n) is 3.36. The fourth-order valence-electron chi connectivity index (χ4n) is 2.52. The smallest absolute Gasteiger partial charge is 0.195 e. The van der Waals surface area contributed by atoms with Crippen LogP contribution in [0, 0.1) is 17.5 Å². The van der Waals surface area contributed by atoms with E-state index in [1.807, 2.05) is 0 Å². The van der Waals surface area contributed by atoms with Gasteiger partial charge in [0.05, 0.1) is 5.52 Å². The normalized spacial score (nSPS) is 15.8. The number of aromatic amines is 1. The first-order chi connectivity index (χ1) is 8.59. The van der Waals surface area contributed by atoms with E-state index in [0.29, 0.717) is 18.5 Å². The van der Waals surface area contributed by atoms with E-state index in [1.165, 1.54) is 0 Å². The quantitative estimate of drug-likeness (QED) is 0.565. The number of halogens is 3. The molecule has 1 aromatic heterocycles. The molecule has 0 bridgehead atoms. The third kappa shape index (κ3) is 1.46. The average molecular weight is 253 g/mol. The number of aromatic nitrogens is 1. The monoisotopic (exact) mass is 253 g/mol. The van der Waals surface area contributed by atoms with Crippen molar-refractivity contribution in [2.45, 2.75) is 25.7 Å². The summed E-state index contributed by atoms with van der Waals surface area (Å²) in [4.78, 5) is 14.8. The van der Waals surface area contributed by atoms with E-state index >= 15 is 0 Å². The second-order valence-corrected chi connectivity index (χ2v) is 4.52. The fraction of sp³-hybridized carbons (Fsp3) is 0.308. The third-order valence-corrected chi connectivity index (χ3v) is 3.36. The minimum absolute atomic E-state index is 0.115. The molecule has 1 aromatic carbocycles. The maximum atomic E-state index is 13.8. The molecule has 1 aliphatic rings. The van der Waals surface area contributed by atoms with Crippen molar-refractivity contribution in [1.29, 1.82) is 0 Å². The molecule has 94 valence electrons. The van der Waals surface area contributed by atoms with Crippen molar-refractivity contribution in [1.82, 2.24) is 4.98 Å². The van der Waals surface area contributed by atoms with Crippen molar-refractivity contribution < 1.29 is 18.0 Å². The molecular formula is C13H10F3NO. The summed E-state index contributed by atoms with van der Waals surface area (Å²) in [5.74, 6) is -4.26. The molecule has 1 N–H and O–H groups in total. The molecule has 2 aromatic rings. The minimum Gasteiger partial charge on any atom is -0.358 e. The number of H-pyrrole nitrogens is 1. The zero-order valence-electron chi connectivity index (χ0n) is 9.45. The van der Waals surface area contributed by atoms with Gasteiger partial charge in [-0.1, -0.05) is 0 Å². The highest BCUT2D eigenvalue weighted by Crippen LogP contribution is 2.32. The van der Waals surface area contributed by atoms with E-state index in [1.54, 1.807) is 0 Å². The van der Waals surface area contributed by atoms with Gasteiger partial charge in [0.15, 0.2) is 23.2 Å². The number of carbonyl (C=O) groups is 1. The van der Waals surface area contributed by atoms with Crippen LogP contribution in [-0.2, 0) is 6.42 Å². The predicted octanol–water partition coefficient (Wildman–Crippen LogP) is 3.49. The number of aryl methyl sites for hydroxylation is 1. The topological polar surface area (TPSA) is 32.9 Å². The first-order valence-corrected chi connectivity index (χ1v) is 5.81. The number of carbonyl (C=O) groups excluding carboxylic acids is 1. The summed E-state index contributed by atoms with van der Waals surface area (Å²) >= 11 is 0. The second-order valence-electron chi connectivity index (χ2n) is 4.52. The lowest BCUT2D eigenvalue weighted by Crippen LogP contribution is -2.00. The molecule has 0 atom stereocenters. The Kier molecular flexibility index (Phi) is 2.43. The Labute approximate surface area is 101 Å². The number of hydrogen-bond acceptors (Lipinski definition) is 1. The average Bonchev–Trinajstić information content (AvgIpc) is 2.60. The van der Waals surface area contributed by atoms with Crippen LogP contribution >= 0.6 is 0 Å². The van der Waals surface area contributed by atoms with Gasteiger partial charge in [0.2, 0.25) is 0 Å². The lowest BCUT2D eigenvalue weighted by Gasteiger charge is -2.00. The summed E-state index contributed by atoms with van der Waals surface area (Å²) in [6.45, 7) is 0. The van der Waals surface area contributed by atoms with Gasteiger partial charge in [-0.2, -0.15) is 0 Å². The number of hydrogen-bond donors (Lipinski definition) is 1. The molecule has 5 heteroatoms. The van der Waals surface area contributed by atoms with Crippen LogP contribution in [0.5, 0.6) is 0 Å². The molecule has 2 nitrogen and oxygen atoms in total. The summed E-state index contributed by atoms with van der Waals surface area (Å²) in [6, 6.07) is 0.898. The van der Waals surface area contributed by atoms with E-state index < -0.39 is 17.5 Å². The van der Waals surface area contributed by atoms with Gasteiger partial charge in [-0.3, -0.25) is 4.79 Å². The first kappa shape index (κ1) is 11.3. The van der Waals surface area contributed by atoms with Crippen molar-refractivity contribution in [3.8, 4) is 0 Å². The standard InChI is InChI=1S/C13H10F3NO/c14-6-5-8-11(13(16)12(6)15)10-7(17-8)3-1-2-4-9(10)18/h5,17H,1-4H2. The molecule has 1 heterocycles. The van der Waals surface area contributed by atoms with Gasteiger partial charge in [-0.05, 0) is 19.3 Å². The number of nitrogens with one attached hydrogen (secondary N) is 1. The van der Waals surface area contributed by atoms with Crippen LogP contribution in [0.1, 0.15) is 35.3 Å². The Balaban J connectivity index is 2.40. The van der Waals surface area contributed by atoms with Crippen LogP contribution in [-0.4, -0.2) is 10.8 Å². The molecule has 18 heavy (non-hydrogen) atoms. The largest absolute Gasteiger partial charge is 0.358 e. The Bertz CT molecular complexity index is 660. The van der Waals surface area contributed by atoms with E-state index in [9.17, 15) is 18.0 Å². The molecule has 0 radical (unpaired) electrons. The van der Waals surface area contributed by atoms with Gasteiger partial charge in [0.1, 0.15) is 0 Å². The molecule has 0 spiro atoms. The number of Topliss-reactive ketones (excluding diaryl/α,β-unsaturated/α-hetero) is 1. The predicted molar refractivity (Wildman–Crippen MR) is 60.1 cm³/mol. The summed E-state index contributed by atoms with van der Waals surface area (Å²) in [7, 11) is 0. The van der Waals surface area contributed by atoms with Crippen molar-refractivity contribution in [3.05, 3.63) is 34.8 Å². The molecule has 0 saturated carbocycles. The highest BCUT2D eigenvalue weighted by atomic mass is 19.2. The molecule has 0 saturated heterocycles. The summed E-state index contributed by atoms with van der Waals surface area (Å²) < 4.78 is 40.2. The second kappa shape index (κ2) is 3.86. The zero-order chi connectivity index (χ0) is 12.9. The highest BCUT2D eigenvalue weighted by molar-refractivity contribution is 6.09. The lowest BCUT2D eigenvalue weighted by molar-refractivity contribution is 0.0983. The molecule has 0 fully saturated rings. The number of fused-ring (bicyclic) bond motifs is 3. The Morgan fingerprint density at radius 3 is 2.56 bits per heavy atom. The van der Waals surface area contributed by atoms with Gasteiger partial charge in [0, 0.05) is 29.1 Å². The van der Waals surface area contributed by atoms with Crippen LogP contribution in [0.25, 0.3) is 10.9 Å². The van der Waals surface area contributed by atoms with Crippen LogP contribution in [0.15, 0.2) is 6.07 Å². The molecule has 0 aliphatic heterocycles. The Morgan fingerprint density at radius 2 is 1.78 bits per heavy atom. The van der Waals surface area contributed by atoms with Gasteiger partial charge in [-0.25, -0.2) is 13.2 Å². The van der Waals surface area contributed by atoms with Crippen LogP contribution in [0.4, 0.5) is 13.2 Å². The summed E-state index contributed by atoms with van der Waals surface area (Å²) in [5, 5.41) is -0.115. The van der Waals surface area contributed by atoms with Crippen molar-refractivity contribution in [3.63, 3.8) is 0 Å². The highest BCUT2D eigenvalue weighted by Gasteiger charge is 2.26. The molecule has 1 aliphatic carbocycles. The van der Waals surface area contributed by atoms with Gasteiger partial charge in [-0.15, -0.1) is 0 Å². The summed E-state index contributed by atoms with van der Waals surface area (Å²) in [5.41, 5.74) is 0.918. The molecule has 0 amide bonds. The van der Waals surface area contributed by atoms with Crippen LogP contribution < -0.4 is 0 Å². The van der Waals surface area contributed by atoms with Crippen molar-refractivity contribution in [2.24, 2.45) is 0 Å². The van der Waals surface area contributed by atoms with Crippen molar-refractivity contribution >= 4 is 16.7 Å². The van der Waals surface area contributed by atoms with E-state index in [0.717, 1.165) is 18.9 Å². The summed E-state index contributed by atoms with van der Waals surface area (Å²) in [6.07, 6.45) is 2.45. The van der Waals surface area contributed by atoms with Gasteiger partial charge < -0.3 is 4.98 Å². The lowest BCUT2D eigenvalue weighted by atomic mass is 10.0. The maximum Gasteiger partial charge on any atom is 0.195 e. The van der Waals surface area contributed by atoms with Gasteiger partial charge >= 0.3 is 0 Å². The SMILES string of the molecule is O=C1CCCCc2[nH]c3cc(F)c(F)c(F)c3c21. The van der Waals surface area contributed by atoms with Crippen LogP contribution in [0.2, 0.25) is 0 Å². The van der Waals surface area contributed by atoms with Crippen LogP contribution in [0.3, 0.4) is 0 Å². The minimum atomic E-state index is -1.53.